The van der Waals surface area contributed by atoms with E-state index in [0.29, 0.717) is 6.04 Å². The van der Waals surface area contributed by atoms with Gasteiger partial charge in [0.05, 0.1) is 0 Å². The van der Waals surface area contributed by atoms with Gasteiger partial charge in [-0.3, -0.25) is 4.90 Å². The molecule has 0 bridgehead atoms. The summed E-state index contributed by atoms with van der Waals surface area (Å²) in [5, 5.41) is 0. The lowest BCUT2D eigenvalue weighted by Crippen LogP contribution is -2.40. The summed E-state index contributed by atoms with van der Waals surface area (Å²) in [5.41, 5.74) is 5.98. The van der Waals surface area contributed by atoms with Crippen molar-refractivity contribution < 1.29 is 0 Å². The van der Waals surface area contributed by atoms with Crippen LogP contribution in [0.5, 0.6) is 0 Å². The quantitative estimate of drug-likeness (QED) is 0.771. The highest BCUT2D eigenvalue weighted by atomic mass is 15.2. The molecule has 102 valence electrons. The van der Waals surface area contributed by atoms with Crippen molar-refractivity contribution >= 4 is 0 Å². The molecule has 0 aromatic heterocycles. The van der Waals surface area contributed by atoms with Crippen LogP contribution in [-0.2, 0) is 0 Å². The van der Waals surface area contributed by atoms with Gasteiger partial charge in [0.1, 0.15) is 0 Å². The van der Waals surface area contributed by atoms with E-state index in [0.717, 1.165) is 12.5 Å². The Bertz CT molecular complexity index is 196. The van der Waals surface area contributed by atoms with Crippen LogP contribution in [-0.4, -0.2) is 55.1 Å². The minimum atomic E-state index is 0.407. The number of hydrogen-bond donors (Lipinski definition) is 1. The van der Waals surface area contributed by atoms with Gasteiger partial charge in [0.25, 0.3) is 0 Å². The average molecular weight is 241 g/mol. The summed E-state index contributed by atoms with van der Waals surface area (Å²) in [7, 11) is 2.25. The van der Waals surface area contributed by atoms with Crippen LogP contribution in [0.3, 0.4) is 0 Å². The second kappa shape index (κ2) is 8.06. The van der Waals surface area contributed by atoms with Gasteiger partial charge < -0.3 is 10.6 Å². The van der Waals surface area contributed by atoms with Gasteiger partial charge in [0.2, 0.25) is 0 Å². The van der Waals surface area contributed by atoms with Crippen LogP contribution < -0.4 is 5.73 Å². The maximum Gasteiger partial charge on any atom is 0.0220 e. The lowest BCUT2D eigenvalue weighted by molar-refractivity contribution is 0.179. The summed E-state index contributed by atoms with van der Waals surface area (Å²) in [5.74, 6) is 0. The molecule has 0 radical (unpaired) electrons. The molecule has 0 aliphatic carbocycles. The predicted octanol–water partition coefficient (Wildman–Crippen LogP) is 1.92. The summed E-state index contributed by atoms with van der Waals surface area (Å²) < 4.78 is 0. The monoisotopic (exact) mass is 241 g/mol. The predicted molar refractivity (Wildman–Crippen MR) is 75.3 cm³/mol. The smallest absolute Gasteiger partial charge is 0.0220 e. The Balaban J connectivity index is 2.33. The van der Waals surface area contributed by atoms with E-state index < -0.39 is 0 Å². The van der Waals surface area contributed by atoms with E-state index in [-0.39, 0.29) is 0 Å². The van der Waals surface area contributed by atoms with Crippen molar-refractivity contribution in [3.8, 4) is 0 Å². The molecule has 2 unspecified atom stereocenters. The maximum atomic E-state index is 5.98. The van der Waals surface area contributed by atoms with Gasteiger partial charge in [-0.2, -0.15) is 0 Å². The van der Waals surface area contributed by atoms with Gasteiger partial charge >= 0.3 is 0 Å². The molecule has 2 atom stereocenters. The van der Waals surface area contributed by atoms with E-state index >= 15 is 0 Å². The molecule has 1 fully saturated rings. The molecule has 2 N–H and O–H groups in total. The van der Waals surface area contributed by atoms with Crippen molar-refractivity contribution in [2.75, 3.05) is 33.2 Å². The molecule has 0 amide bonds. The molecule has 1 heterocycles. The van der Waals surface area contributed by atoms with Crippen molar-refractivity contribution in [2.24, 2.45) is 5.73 Å². The zero-order chi connectivity index (χ0) is 12.7. The Morgan fingerprint density at radius 3 is 2.71 bits per heavy atom. The van der Waals surface area contributed by atoms with Crippen molar-refractivity contribution in [2.45, 2.75) is 58.0 Å². The first kappa shape index (κ1) is 14.9. The van der Waals surface area contributed by atoms with Gasteiger partial charge in [-0.05, 0) is 58.8 Å². The van der Waals surface area contributed by atoms with E-state index in [1.54, 1.807) is 0 Å². The number of hydrogen-bond acceptors (Lipinski definition) is 3. The first-order chi connectivity index (χ1) is 8.17. The van der Waals surface area contributed by atoms with Crippen molar-refractivity contribution in [1.29, 1.82) is 0 Å². The number of nitrogens with zero attached hydrogens (tertiary/aromatic N) is 2. The second-order valence-electron chi connectivity index (χ2n) is 5.52. The average Bonchev–Trinajstić information content (AvgIpc) is 2.50. The SMILES string of the molecule is CCC(N)CCCN1CCCN(C)CC1CC. The van der Waals surface area contributed by atoms with Crippen LogP contribution >= 0.6 is 0 Å². The maximum absolute atomic E-state index is 5.98. The Hall–Kier alpha value is -0.120. The Morgan fingerprint density at radius 2 is 2.06 bits per heavy atom. The fourth-order valence-electron chi connectivity index (χ4n) is 2.74. The number of likely N-dealkylation sites (N-methyl/N-ethyl adjacent to an activating group) is 1. The summed E-state index contributed by atoms with van der Waals surface area (Å²) in [4.78, 5) is 5.16. The highest BCUT2D eigenvalue weighted by Gasteiger charge is 2.21. The molecule has 0 aromatic carbocycles. The summed E-state index contributed by atoms with van der Waals surface area (Å²) in [6.07, 6.45) is 6.13. The highest BCUT2D eigenvalue weighted by molar-refractivity contribution is 4.78. The lowest BCUT2D eigenvalue weighted by Gasteiger charge is -2.30. The third kappa shape index (κ3) is 5.36. The van der Waals surface area contributed by atoms with Gasteiger partial charge in [0, 0.05) is 18.6 Å². The molecular formula is C14H31N3. The molecular weight excluding hydrogens is 210 g/mol. The number of nitrogens with two attached hydrogens (primary N) is 1. The van der Waals surface area contributed by atoms with Gasteiger partial charge in [0.15, 0.2) is 0 Å². The van der Waals surface area contributed by atoms with Crippen LogP contribution in [0.1, 0.15) is 46.0 Å². The molecule has 0 saturated carbocycles. The molecule has 0 aromatic rings. The third-order valence-electron chi connectivity index (χ3n) is 4.04. The topological polar surface area (TPSA) is 32.5 Å². The molecule has 3 heteroatoms. The zero-order valence-electron chi connectivity index (χ0n) is 12.0. The largest absolute Gasteiger partial charge is 0.328 e. The van der Waals surface area contributed by atoms with Crippen molar-refractivity contribution in [3.05, 3.63) is 0 Å². The first-order valence-electron chi connectivity index (χ1n) is 7.35. The third-order valence-corrected chi connectivity index (χ3v) is 4.04. The van der Waals surface area contributed by atoms with Gasteiger partial charge in [-0.15, -0.1) is 0 Å². The van der Waals surface area contributed by atoms with Gasteiger partial charge in [-0.1, -0.05) is 13.8 Å². The molecule has 1 saturated heterocycles. The van der Waals surface area contributed by atoms with Crippen LogP contribution in [0.2, 0.25) is 0 Å². The van der Waals surface area contributed by atoms with Crippen LogP contribution in [0.4, 0.5) is 0 Å². The van der Waals surface area contributed by atoms with E-state index in [9.17, 15) is 0 Å². The second-order valence-corrected chi connectivity index (χ2v) is 5.52. The molecule has 1 rings (SSSR count). The van der Waals surface area contributed by atoms with Crippen LogP contribution in [0.25, 0.3) is 0 Å². The standard InChI is InChI=1S/C14H31N3/c1-4-13(15)8-6-10-17-11-7-9-16(3)12-14(17)5-2/h13-14H,4-12,15H2,1-3H3. The van der Waals surface area contributed by atoms with Crippen molar-refractivity contribution in [3.63, 3.8) is 0 Å². The molecule has 3 nitrogen and oxygen atoms in total. The fourth-order valence-corrected chi connectivity index (χ4v) is 2.74. The van der Waals surface area contributed by atoms with E-state index in [2.05, 4.69) is 30.7 Å². The Morgan fingerprint density at radius 1 is 1.29 bits per heavy atom. The molecule has 1 aliphatic heterocycles. The van der Waals surface area contributed by atoms with E-state index in [1.165, 1.54) is 51.9 Å². The molecule has 1 aliphatic rings. The van der Waals surface area contributed by atoms with Crippen molar-refractivity contribution in [1.82, 2.24) is 9.80 Å². The van der Waals surface area contributed by atoms with Crippen LogP contribution in [0, 0.1) is 0 Å². The minimum Gasteiger partial charge on any atom is -0.328 e. The van der Waals surface area contributed by atoms with Gasteiger partial charge in [-0.25, -0.2) is 0 Å². The van der Waals surface area contributed by atoms with Crippen LogP contribution in [0.15, 0.2) is 0 Å². The lowest BCUT2D eigenvalue weighted by atomic mass is 10.1. The minimum absolute atomic E-state index is 0.407. The summed E-state index contributed by atoms with van der Waals surface area (Å²) >= 11 is 0. The summed E-state index contributed by atoms with van der Waals surface area (Å²) in [6.45, 7) is 9.48. The number of rotatable bonds is 6. The fraction of sp³-hybridized carbons (Fsp3) is 1.00. The first-order valence-corrected chi connectivity index (χ1v) is 7.35. The molecule has 0 spiro atoms. The zero-order valence-corrected chi connectivity index (χ0v) is 12.0. The Kier molecular flexibility index (Phi) is 7.09. The van der Waals surface area contributed by atoms with E-state index in [4.69, 9.17) is 5.73 Å². The molecule has 17 heavy (non-hydrogen) atoms. The van der Waals surface area contributed by atoms with E-state index in [1.807, 2.05) is 0 Å². The Labute approximate surface area is 107 Å². The summed E-state index contributed by atoms with van der Waals surface area (Å²) in [6, 6.07) is 1.16. The normalized spacial score (nSPS) is 25.8. The highest BCUT2D eigenvalue weighted by Crippen LogP contribution is 2.13.